The molecule has 0 atom stereocenters. The van der Waals surface area contributed by atoms with Crippen LogP contribution in [0.25, 0.3) is 0 Å². The number of rotatable bonds is 3. The number of nitrogens with zero attached hydrogens (tertiary/aromatic N) is 2. The van der Waals surface area contributed by atoms with Gasteiger partial charge in [0.05, 0.1) is 18.4 Å². The summed E-state index contributed by atoms with van der Waals surface area (Å²) in [6.45, 7) is 0.654. The van der Waals surface area contributed by atoms with Crippen LogP contribution in [0.3, 0.4) is 0 Å². The Morgan fingerprint density at radius 2 is 2.33 bits per heavy atom. The highest BCUT2D eigenvalue weighted by Crippen LogP contribution is 2.22. The number of aromatic nitrogens is 2. The third-order valence-electron chi connectivity index (χ3n) is 1.71. The van der Waals surface area contributed by atoms with Crippen LogP contribution in [-0.2, 0) is 6.54 Å². The standard InChI is InChI=1S/C9H7BrClN3S/c10-9-6(2-1-3-12-9)13-5-8-14-4-7(11)15-8/h1-4,13H,5H2. The van der Waals surface area contributed by atoms with Crippen molar-refractivity contribution in [3.63, 3.8) is 0 Å². The van der Waals surface area contributed by atoms with Crippen LogP contribution >= 0.6 is 38.9 Å². The number of halogens is 2. The Labute approximate surface area is 105 Å². The highest BCUT2D eigenvalue weighted by molar-refractivity contribution is 9.10. The van der Waals surface area contributed by atoms with Crippen LogP contribution in [0.5, 0.6) is 0 Å². The van der Waals surface area contributed by atoms with Gasteiger partial charge in [0.15, 0.2) is 0 Å². The van der Waals surface area contributed by atoms with Gasteiger partial charge in [-0.2, -0.15) is 0 Å². The van der Waals surface area contributed by atoms with Crippen LogP contribution in [0.1, 0.15) is 5.01 Å². The molecule has 3 nitrogen and oxygen atoms in total. The SMILES string of the molecule is Clc1cnc(CNc2cccnc2Br)s1. The molecule has 0 fully saturated rings. The number of anilines is 1. The summed E-state index contributed by atoms with van der Waals surface area (Å²) < 4.78 is 1.50. The molecule has 2 heterocycles. The first kappa shape index (κ1) is 10.9. The topological polar surface area (TPSA) is 37.8 Å². The Kier molecular flexibility index (Phi) is 3.56. The first-order chi connectivity index (χ1) is 7.25. The Hall–Kier alpha value is -0.650. The van der Waals surface area contributed by atoms with Crippen molar-refractivity contribution in [3.05, 3.63) is 38.5 Å². The van der Waals surface area contributed by atoms with Crippen molar-refractivity contribution in [2.24, 2.45) is 0 Å². The van der Waals surface area contributed by atoms with Crippen molar-refractivity contribution in [1.29, 1.82) is 0 Å². The number of thiazole rings is 1. The lowest BCUT2D eigenvalue weighted by Gasteiger charge is -2.04. The van der Waals surface area contributed by atoms with E-state index in [9.17, 15) is 0 Å². The van der Waals surface area contributed by atoms with E-state index in [2.05, 4.69) is 31.2 Å². The smallest absolute Gasteiger partial charge is 0.129 e. The molecule has 0 aliphatic carbocycles. The fourth-order valence-corrected chi connectivity index (χ4v) is 2.35. The predicted molar refractivity (Wildman–Crippen MR) is 66.4 cm³/mol. The van der Waals surface area contributed by atoms with Crippen molar-refractivity contribution in [1.82, 2.24) is 9.97 Å². The minimum atomic E-state index is 0.654. The lowest BCUT2D eigenvalue weighted by atomic mass is 10.4. The van der Waals surface area contributed by atoms with Crippen LogP contribution in [0, 0.1) is 0 Å². The van der Waals surface area contributed by atoms with Crippen LogP contribution < -0.4 is 5.32 Å². The van der Waals surface area contributed by atoms with Gasteiger partial charge in [-0.3, -0.25) is 0 Å². The van der Waals surface area contributed by atoms with E-state index in [1.165, 1.54) is 11.3 Å². The fourth-order valence-electron chi connectivity index (χ4n) is 1.06. The summed E-state index contributed by atoms with van der Waals surface area (Å²) in [7, 11) is 0. The monoisotopic (exact) mass is 303 g/mol. The number of nitrogens with one attached hydrogen (secondary N) is 1. The van der Waals surface area contributed by atoms with E-state index in [0.717, 1.165) is 15.3 Å². The van der Waals surface area contributed by atoms with E-state index in [-0.39, 0.29) is 0 Å². The summed E-state index contributed by atoms with van der Waals surface area (Å²) in [5, 5.41) is 4.18. The average molecular weight is 305 g/mol. The van der Waals surface area contributed by atoms with Crippen LogP contribution in [0.2, 0.25) is 4.34 Å². The van der Waals surface area contributed by atoms with Crippen molar-refractivity contribution >= 4 is 44.6 Å². The zero-order valence-electron chi connectivity index (χ0n) is 7.58. The number of hydrogen-bond acceptors (Lipinski definition) is 4. The molecule has 0 saturated heterocycles. The lowest BCUT2D eigenvalue weighted by Crippen LogP contribution is -1.99. The molecule has 0 aliphatic heterocycles. The van der Waals surface area contributed by atoms with Gasteiger partial charge in [-0.05, 0) is 28.1 Å². The van der Waals surface area contributed by atoms with Crippen molar-refractivity contribution < 1.29 is 0 Å². The maximum absolute atomic E-state index is 5.78. The molecule has 0 aliphatic rings. The molecule has 0 bridgehead atoms. The molecule has 2 rings (SSSR count). The first-order valence-corrected chi connectivity index (χ1v) is 6.19. The van der Waals surface area contributed by atoms with Gasteiger partial charge in [0, 0.05) is 6.20 Å². The molecule has 2 aromatic heterocycles. The second-order valence-corrected chi connectivity index (χ2v) is 5.25. The number of pyridine rings is 1. The Morgan fingerprint density at radius 1 is 1.47 bits per heavy atom. The zero-order chi connectivity index (χ0) is 10.7. The summed E-state index contributed by atoms with van der Waals surface area (Å²) >= 11 is 10.6. The van der Waals surface area contributed by atoms with E-state index in [0.29, 0.717) is 10.9 Å². The van der Waals surface area contributed by atoms with E-state index >= 15 is 0 Å². The average Bonchev–Trinajstić information content (AvgIpc) is 2.63. The van der Waals surface area contributed by atoms with Gasteiger partial charge in [0.25, 0.3) is 0 Å². The summed E-state index contributed by atoms with van der Waals surface area (Å²) in [6.07, 6.45) is 3.39. The molecule has 15 heavy (non-hydrogen) atoms. The van der Waals surface area contributed by atoms with E-state index < -0.39 is 0 Å². The van der Waals surface area contributed by atoms with Gasteiger partial charge >= 0.3 is 0 Å². The molecular weight excluding hydrogens is 298 g/mol. The molecule has 0 spiro atoms. The van der Waals surface area contributed by atoms with Gasteiger partial charge < -0.3 is 5.32 Å². The van der Waals surface area contributed by atoms with Crippen molar-refractivity contribution in [2.45, 2.75) is 6.54 Å². The predicted octanol–water partition coefficient (Wildman–Crippen LogP) is 3.57. The Morgan fingerprint density at radius 3 is 3.00 bits per heavy atom. The molecule has 0 unspecified atom stereocenters. The van der Waals surface area contributed by atoms with Gasteiger partial charge in [0.1, 0.15) is 13.9 Å². The lowest BCUT2D eigenvalue weighted by molar-refractivity contribution is 1.09. The molecular formula is C9H7BrClN3S. The normalized spacial score (nSPS) is 10.3. The summed E-state index contributed by atoms with van der Waals surface area (Å²) in [6, 6.07) is 3.83. The van der Waals surface area contributed by atoms with Gasteiger partial charge in [-0.1, -0.05) is 11.6 Å². The first-order valence-electron chi connectivity index (χ1n) is 4.20. The maximum Gasteiger partial charge on any atom is 0.129 e. The molecule has 78 valence electrons. The molecule has 0 aromatic carbocycles. The van der Waals surface area contributed by atoms with E-state index in [4.69, 9.17) is 11.6 Å². The largest absolute Gasteiger partial charge is 0.376 e. The van der Waals surface area contributed by atoms with Crippen LogP contribution in [0.4, 0.5) is 5.69 Å². The Bertz CT molecular complexity index is 460. The van der Waals surface area contributed by atoms with Gasteiger partial charge in [-0.15, -0.1) is 11.3 Å². The second-order valence-electron chi connectivity index (χ2n) is 2.75. The van der Waals surface area contributed by atoms with E-state index in [1.807, 2.05) is 12.1 Å². The molecule has 0 amide bonds. The second kappa shape index (κ2) is 4.92. The van der Waals surface area contributed by atoms with Crippen LogP contribution in [-0.4, -0.2) is 9.97 Å². The third-order valence-corrected chi connectivity index (χ3v) is 3.46. The van der Waals surface area contributed by atoms with Crippen molar-refractivity contribution in [3.8, 4) is 0 Å². The molecule has 2 aromatic rings. The highest BCUT2D eigenvalue weighted by Gasteiger charge is 2.02. The maximum atomic E-state index is 5.78. The zero-order valence-corrected chi connectivity index (χ0v) is 10.7. The molecule has 0 radical (unpaired) electrons. The van der Waals surface area contributed by atoms with Crippen molar-refractivity contribution in [2.75, 3.05) is 5.32 Å². The minimum Gasteiger partial charge on any atom is -0.376 e. The molecule has 0 saturated carbocycles. The van der Waals surface area contributed by atoms with Gasteiger partial charge in [-0.25, -0.2) is 9.97 Å². The van der Waals surface area contributed by atoms with Crippen LogP contribution in [0.15, 0.2) is 29.1 Å². The Balaban J connectivity index is 2.02. The fraction of sp³-hybridized carbons (Fsp3) is 0.111. The molecule has 6 heteroatoms. The van der Waals surface area contributed by atoms with Gasteiger partial charge in [0.2, 0.25) is 0 Å². The van der Waals surface area contributed by atoms with E-state index in [1.54, 1.807) is 12.4 Å². The third kappa shape index (κ3) is 2.90. The summed E-state index contributed by atoms with van der Waals surface area (Å²) in [4.78, 5) is 8.26. The summed E-state index contributed by atoms with van der Waals surface area (Å²) in [5.41, 5.74) is 0.948. The molecule has 1 N–H and O–H groups in total. The highest BCUT2D eigenvalue weighted by atomic mass is 79.9. The summed E-state index contributed by atoms with van der Waals surface area (Å²) in [5.74, 6) is 0. The quantitative estimate of drug-likeness (QED) is 0.881. The minimum absolute atomic E-state index is 0.654. The number of hydrogen-bond donors (Lipinski definition) is 1.